The van der Waals surface area contributed by atoms with Crippen LogP contribution in [-0.4, -0.2) is 6.61 Å². The number of hydrogen-bond donors (Lipinski definition) is 0. The van der Waals surface area contributed by atoms with Crippen molar-refractivity contribution in [1.29, 1.82) is 0 Å². The van der Waals surface area contributed by atoms with E-state index in [4.69, 9.17) is 0 Å². The molecule has 106 valence electrons. The highest BCUT2D eigenvalue weighted by molar-refractivity contribution is 5.70. The minimum absolute atomic E-state index is 0.0812. The molecule has 0 amide bonds. The molecule has 0 aliphatic rings. The molecule has 2 aromatic carbocycles. The predicted molar refractivity (Wildman–Crippen MR) is 63.5 cm³/mol. The number of para-hydroxylation sites is 1. The number of rotatable bonds is 3. The largest absolute Gasteiger partial charge is 0.434 e. The first kappa shape index (κ1) is 14.3. The maximum absolute atomic E-state index is 12.4. The second-order valence-electron chi connectivity index (χ2n) is 3.95. The van der Waals surface area contributed by atoms with Gasteiger partial charge >= 0.3 is 12.8 Å². The van der Waals surface area contributed by atoms with Gasteiger partial charge in [-0.1, -0.05) is 30.3 Å². The van der Waals surface area contributed by atoms with E-state index in [2.05, 4.69) is 4.74 Å². The lowest BCUT2D eigenvalue weighted by atomic mass is 10.0. The number of ether oxygens (including phenoxy) is 1. The zero-order valence-corrected chi connectivity index (χ0v) is 9.99. The Balaban J connectivity index is 2.37. The summed E-state index contributed by atoms with van der Waals surface area (Å²) in [4.78, 5) is 0. The van der Waals surface area contributed by atoms with Gasteiger partial charge in [-0.05, 0) is 23.8 Å². The van der Waals surface area contributed by atoms with Gasteiger partial charge in [-0.3, -0.25) is 0 Å². The van der Waals surface area contributed by atoms with E-state index in [1.165, 1.54) is 30.3 Å². The van der Waals surface area contributed by atoms with Gasteiger partial charge < -0.3 is 4.74 Å². The fraction of sp³-hybridized carbons (Fsp3) is 0.143. The van der Waals surface area contributed by atoms with Crippen molar-refractivity contribution in [2.45, 2.75) is 12.8 Å². The second kappa shape index (κ2) is 5.48. The van der Waals surface area contributed by atoms with Gasteiger partial charge in [0.1, 0.15) is 5.75 Å². The van der Waals surface area contributed by atoms with Crippen LogP contribution in [0.15, 0.2) is 48.5 Å². The highest BCUT2D eigenvalue weighted by Gasteiger charge is 2.30. The number of benzene rings is 2. The van der Waals surface area contributed by atoms with Crippen LogP contribution in [0.25, 0.3) is 11.1 Å². The minimum Gasteiger partial charge on any atom is -0.434 e. The van der Waals surface area contributed by atoms with Crippen molar-refractivity contribution >= 4 is 0 Å². The second-order valence-corrected chi connectivity index (χ2v) is 3.95. The molecule has 0 N–H and O–H groups in total. The molecular formula is C14H9F5O. The first-order chi connectivity index (χ1) is 9.38. The molecule has 0 aliphatic carbocycles. The zero-order valence-electron chi connectivity index (χ0n) is 9.99. The number of hydrogen-bond acceptors (Lipinski definition) is 1. The summed E-state index contributed by atoms with van der Waals surface area (Å²) in [5, 5.41) is 0. The molecule has 0 aromatic heterocycles. The quantitative estimate of drug-likeness (QED) is 0.724. The Kier molecular flexibility index (Phi) is 3.92. The Labute approximate surface area is 111 Å². The zero-order chi connectivity index (χ0) is 14.8. The van der Waals surface area contributed by atoms with Crippen LogP contribution in [0.4, 0.5) is 22.0 Å². The topological polar surface area (TPSA) is 9.23 Å². The summed E-state index contributed by atoms with van der Waals surface area (Å²) < 4.78 is 66.2. The van der Waals surface area contributed by atoms with Crippen molar-refractivity contribution in [3.63, 3.8) is 0 Å². The fourth-order valence-corrected chi connectivity index (χ4v) is 1.74. The highest BCUT2D eigenvalue weighted by Crippen LogP contribution is 2.34. The molecule has 0 heterocycles. The van der Waals surface area contributed by atoms with E-state index in [0.29, 0.717) is 11.1 Å². The van der Waals surface area contributed by atoms with Crippen LogP contribution in [0.1, 0.15) is 5.56 Å². The summed E-state index contributed by atoms with van der Waals surface area (Å²) in [7, 11) is 0. The average Bonchev–Trinajstić information content (AvgIpc) is 2.38. The van der Waals surface area contributed by atoms with Gasteiger partial charge in [-0.2, -0.15) is 22.0 Å². The monoisotopic (exact) mass is 288 g/mol. The Morgan fingerprint density at radius 1 is 0.850 bits per heavy atom. The van der Waals surface area contributed by atoms with Crippen molar-refractivity contribution in [1.82, 2.24) is 0 Å². The third-order valence-corrected chi connectivity index (χ3v) is 2.63. The van der Waals surface area contributed by atoms with Crippen molar-refractivity contribution in [3.8, 4) is 16.9 Å². The van der Waals surface area contributed by atoms with E-state index >= 15 is 0 Å². The van der Waals surface area contributed by atoms with Crippen molar-refractivity contribution < 1.29 is 26.7 Å². The molecule has 2 rings (SSSR count). The van der Waals surface area contributed by atoms with Gasteiger partial charge in [0, 0.05) is 5.56 Å². The van der Waals surface area contributed by atoms with Gasteiger partial charge in [-0.15, -0.1) is 0 Å². The lowest BCUT2D eigenvalue weighted by Crippen LogP contribution is -2.05. The smallest absolute Gasteiger partial charge is 0.416 e. The van der Waals surface area contributed by atoms with Gasteiger partial charge in [0.15, 0.2) is 0 Å². The Hall–Kier alpha value is -2.11. The van der Waals surface area contributed by atoms with Gasteiger partial charge in [0.05, 0.1) is 5.56 Å². The summed E-state index contributed by atoms with van der Waals surface area (Å²) in [5.74, 6) is -0.0812. The van der Waals surface area contributed by atoms with Crippen LogP contribution >= 0.6 is 0 Å². The van der Waals surface area contributed by atoms with Crippen LogP contribution < -0.4 is 4.74 Å². The SMILES string of the molecule is FC(F)Oc1ccccc1-c1ccc(C(F)(F)F)cc1. The van der Waals surface area contributed by atoms with Gasteiger partial charge in [-0.25, -0.2) is 0 Å². The standard InChI is InChI=1S/C14H9F5O/c15-13(16)20-12-4-2-1-3-11(12)9-5-7-10(8-6-9)14(17,18)19/h1-8,13H. The Morgan fingerprint density at radius 2 is 1.45 bits per heavy atom. The van der Waals surface area contributed by atoms with Crippen LogP contribution in [0, 0.1) is 0 Å². The molecule has 2 aromatic rings. The van der Waals surface area contributed by atoms with E-state index in [9.17, 15) is 22.0 Å². The predicted octanol–water partition coefficient (Wildman–Crippen LogP) is 4.97. The molecule has 0 fully saturated rings. The van der Waals surface area contributed by atoms with Crippen molar-refractivity contribution in [2.75, 3.05) is 0 Å². The van der Waals surface area contributed by atoms with Crippen LogP contribution in [-0.2, 0) is 6.18 Å². The van der Waals surface area contributed by atoms with Crippen molar-refractivity contribution in [3.05, 3.63) is 54.1 Å². The Bertz CT molecular complexity index is 575. The molecule has 0 aliphatic heterocycles. The molecule has 0 atom stereocenters. The maximum Gasteiger partial charge on any atom is 0.416 e. The molecule has 0 spiro atoms. The fourth-order valence-electron chi connectivity index (χ4n) is 1.74. The summed E-state index contributed by atoms with van der Waals surface area (Å²) >= 11 is 0. The minimum atomic E-state index is -4.43. The third-order valence-electron chi connectivity index (χ3n) is 2.63. The lowest BCUT2D eigenvalue weighted by molar-refractivity contribution is -0.137. The van der Waals surface area contributed by atoms with Crippen LogP contribution in [0.5, 0.6) is 5.75 Å². The molecule has 0 bridgehead atoms. The summed E-state index contributed by atoms with van der Waals surface area (Å²) in [6.07, 6.45) is -4.43. The lowest BCUT2D eigenvalue weighted by Gasteiger charge is -2.12. The maximum atomic E-state index is 12.4. The summed E-state index contributed by atoms with van der Waals surface area (Å²) in [5.41, 5.74) is -0.121. The van der Waals surface area contributed by atoms with Crippen molar-refractivity contribution in [2.24, 2.45) is 0 Å². The summed E-state index contributed by atoms with van der Waals surface area (Å²) in [6.45, 7) is -2.99. The number of halogens is 5. The van der Waals surface area contributed by atoms with E-state index in [-0.39, 0.29) is 5.75 Å². The van der Waals surface area contributed by atoms with Crippen LogP contribution in [0.3, 0.4) is 0 Å². The van der Waals surface area contributed by atoms with Gasteiger partial charge in [0.25, 0.3) is 0 Å². The van der Waals surface area contributed by atoms with E-state index in [1.807, 2.05) is 0 Å². The van der Waals surface area contributed by atoms with E-state index in [1.54, 1.807) is 6.07 Å². The third kappa shape index (κ3) is 3.26. The van der Waals surface area contributed by atoms with Gasteiger partial charge in [0.2, 0.25) is 0 Å². The normalized spacial score (nSPS) is 11.7. The Morgan fingerprint density at radius 3 is 2.00 bits per heavy atom. The molecule has 0 saturated heterocycles. The molecule has 1 nitrogen and oxygen atoms in total. The first-order valence-electron chi connectivity index (χ1n) is 5.59. The molecular weight excluding hydrogens is 279 g/mol. The molecule has 0 saturated carbocycles. The first-order valence-corrected chi connectivity index (χ1v) is 5.59. The highest BCUT2D eigenvalue weighted by atomic mass is 19.4. The molecule has 0 radical (unpaired) electrons. The van der Waals surface area contributed by atoms with E-state index in [0.717, 1.165) is 12.1 Å². The average molecular weight is 288 g/mol. The molecule has 20 heavy (non-hydrogen) atoms. The summed E-state index contributed by atoms with van der Waals surface area (Å²) in [6, 6.07) is 10.2. The van der Waals surface area contributed by atoms with Crippen LogP contribution in [0.2, 0.25) is 0 Å². The molecule has 0 unspecified atom stereocenters. The molecule has 6 heteroatoms. The van der Waals surface area contributed by atoms with E-state index < -0.39 is 18.4 Å². The number of alkyl halides is 5.